The lowest BCUT2D eigenvalue weighted by Gasteiger charge is -2.10. The van der Waals surface area contributed by atoms with Gasteiger partial charge in [0.15, 0.2) is 10.9 Å². The van der Waals surface area contributed by atoms with Crippen LogP contribution in [0.2, 0.25) is 0 Å². The van der Waals surface area contributed by atoms with E-state index < -0.39 is 0 Å². The second-order valence-electron chi connectivity index (χ2n) is 6.10. The number of hydrogen-bond acceptors (Lipinski definition) is 6. The van der Waals surface area contributed by atoms with E-state index >= 15 is 0 Å². The molecule has 0 saturated heterocycles. The van der Waals surface area contributed by atoms with E-state index in [9.17, 15) is 4.79 Å². The summed E-state index contributed by atoms with van der Waals surface area (Å²) in [7, 11) is 1.59. The van der Waals surface area contributed by atoms with Crippen LogP contribution in [0.25, 0.3) is 0 Å². The lowest BCUT2D eigenvalue weighted by atomic mass is 10.1. The van der Waals surface area contributed by atoms with Gasteiger partial charge in [0.05, 0.1) is 25.7 Å². The van der Waals surface area contributed by atoms with Gasteiger partial charge in [-0.1, -0.05) is 37.7 Å². The molecule has 0 saturated carbocycles. The summed E-state index contributed by atoms with van der Waals surface area (Å²) in [6.07, 6.45) is 1.65. The number of ether oxygens (including phenoxy) is 1. The molecule has 3 aromatic rings. The fraction of sp³-hybridized carbons (Fsp3) is 0.316. The first-order chi connectivity index (χ1) is 12.6. The molecule has 3 rings (SSSR count). The summed E-state index contributed by atoms with van der Waals surface area (Å²) in [5, 5.41) is 9.28. The predicted molar refractivity (Wildman–Crippen MR) is 100.0 cm³/mol. The van der Waals surface area contributed by atoms with Crippen molar-refractivity contribution < 1.29 is 13.9 Å². The average Bonchev–Trinajstić information content (AvgIpc) is 3.30. The van der Waals surface area contributed by atoms with Crippen LogP contribution in [0.5, 0.6) is 5.75 Å². The second-order valence-corrected chi connectivity index (χ2v) is 7.05. The normalized spacial score (nSPS) is 11.1. The zero-order valence-corrected chi connectivity index (χ0v) is 15.8. The third kappa shape index (κ3) is 4.16. The summed E-state index contributed by atoms with van der Waals surface area (Å²) >= 11 is 1.38. The Morgan fingerprint density at radius 2 is 2.12 bits per heavy atom. The van der Waals surface area contributed by atoms with Crippen molar-refractivity contribution in [1.29, 1.82) is 0 Å². The Kier molecular flexibility index (Phi) is 5.78. The molecule has 0 aliphatic heterocycles. The van der Waals surface area contributed by atoms with E-state index in [1.807, 2.05) is 28.8 Å². The Morgan fingerprint density at radius 1 is 1.27 bits per heavy atom. The van der Waals surface area contributed by atoms with Crippen molar-refractivity contribution in [3.05, 3.63) is 59.8 Å². The van der Waals surface area contributed by atoms with Crippen LogP contribution >= 0.6 is 11.8 Å². The zero-order chi connectivity index (χ0) is 18.5. The lowest BCUT2D eigenvalue weighted by Crippen LogP contribution is -2.09. The van der Waals surface area contributed by atoms with E-state index in [2.05, 4.69) is 24.0 Å². The highest BCUT2D eigenvalue weighted by Gasteiger charge is 2.18. The summed E-state index contributed by atoms with van der Waals surface area (Å²) in [5.41, 5.74) is 0.623. The molecule has 7 heteroatoms. The summed E-state index contributed by atoms with van der Waals surface area (Å²) < 4.78 is 12.6. The number of benzene rings is 1. The number of carbonyl (C=O) groups excluding carboxylic acids is 1. The Hall–Kier alpha value is -2.54. The first-order valence-corrected chi connectivity index (χ1v) is 9.32. The van der Waals surface area contributed by atoms with E-state index in [1.165, 1.54) is 11.8 Å². The molecule has 0 fully saturated rings. The molecule has 2 heterocycles. The number of aromatic nitrogens is 3. The van der Waals surface area contributed by atoms with Gasteiger partial charge in [0.2, 0.25) is 0 Å². The van der Waals surface area contributed by atoms with E-state index in [0.29, 0.717) is 23.0 Å². The van der Waals surface area contributed by atoms with Gasteiger partial charge in [-0.15, -0.1) is 10.2 Å². The molecule has 6 nitrogen and oxygen atoms in total. The van der Waals surface area contributed by atoms with Crippen LogP contribution in [0, 0.1) is 0 Å². The molecule has 0 aliphatic carbocycles. The fourth-order valence-corrected chi connectivity index (χ4v) is 3.39. The number of furan rings is 1. The average molecular weight is 371 g/mol. The number of nitrogens with zero attached hydrogens (tertiary/aromatic N) is 3. The maximum atomic E-state index is 12.5. The largest absolute Gasteiger partial charge is 0.497 e. The van der Waals surface area contributed by atoms with Crippen LogP contribution in [0.4, 0.5) is 0 Å². The van der Waals surface area contributed by atoms with Crippen molar-refractivity contribution in [2.45, 2.75) is 31.5 Å². The van der Waals surface area contributed by atoms with Crippen LogP contribution in [0.1, 0.15) is 41.7 Å². The summed E-state index contributed by atoms with van der Waals surface area (Å²) in [4.78, 5) is 12.5. The van der Waals surface area contributed by atoms with Gasteiger partial charge in [-0.05, 0) is 24.3 Å². The molecule has 0 atom stereocenters. The number of carbonyl (C=O) groups is 1. The van der Waals surface area contributed by atoms with Gasteiger partial charge in [-0.2, -0.15) is 0 Å². The van der Waals surface area contributed by atoms with Crippen molar-refractivity contribution in [2.75, 3.05) is 12.9 Å². The molecule has 0 amide bonds. The highest BCUT2D eigenvalue weighted by molar-refractivity contribution is 7.99. The number of Topliss-reactive ketones (excluding diaryl/α,β-unsaturated/α-hetero) is 1. The van der Waals surface area contributed by atoms with Gasteiger partial charge in [0.1, 0.15) is 17.3 Å². The van der Waals surface area contributed by atoms with Gasteiger partial charge in [0, 0.05) is 11.5 Å². The molecule has 1 aromatic carbocycles. The molecular formula is C19H21N3O3S. The van der Waals surface area contributed by atoms with Crippen molar-refractivity contribution in [3.8, 4) is 5.75 Å². The summed E-state index contributed by atoms with van der Waals surface area (Å²) in [5.74, 6) is 2.89. The third-order valence-electron chi connectivity index (χ3n) is 3.88. The minimum atomic E-state index is 0.0209. The SMILES string of the molecule is COc1cccc(C(=O)CSc2nnc(C(C)C)n2Cc2ccco2)c1. The highest BCUT2D eigenvalue weighted by atomic mass is 32.2. The fourth-order valence-electron chi connectivity index (χ4n) is 2.55. The number of methoxy groups -OCH3 is 1. The molecule has 136 valence electrons. The first kappa shape index (κ1) is 18.3. The van der Waals surface area contributed by atoms with Crippen LogP contribution in [-0.2, 0) is 6.54 Å². The monoisotopic (exact) mass is 371 g/mol. The topological polar surface area (TPSA) is 70.2 Å². The van der Waals surface area contributed by atoms with Gasteiger partial charge in [0.25, 0.3) is 0 Å². The van der Waals surface area contributed by atoms with E-state index in [0.717, 1.165) is 11.6 Å². The Bertz CT molecular complexity index is 872. The minimum absolute atomic E-state index is 0.0209. The van der Waals surface area contributed by atoms with Crippen molar-refractivity contribution in [2.24, 2.45) is 0 Å². The van der Waals surface area contributed by atoms with E-state index in [1.54, 1.807) is 25.5 Å². The molecular weight excluding hydrogens is 350 g/mol. The molecule has 0 radical (unpaired) electrons. The first-order valence-electron chi connectivity index (χ1n) is 8.34. The van der Waals surface area contributed by atoms with E-state index in [-0.39, 0.29) is 17.5 Å². The number of thioether (sulfide) groups is 1. The van der Waals surface area contributed by atoms with Crippen molar-refractivity contribution >= 4 is 17.5 Å². The number of rotatable bonds is 8. The Labute approximate surface area is 156 Å². The molecule has 0 aliphatic rings. The van der Waals surface area contributed by atoms with Crippen molar-refractivity contribution in [3.63, 3.8) is 0 Å². The predicted octanol–water partition coefficient (Wildman–Crippen LogP) is 4.03. The second kappa shape index (κ2) is 8.23. The molecule has 26 heavy (non-hydrogen) atoms. The van der Waals surface area contributed by atoms with Gasteiger partial charge in [-0.3, -0.25) is 9.36 Å². The molecule has 0 unspecified atom stereocenters. The third-order valence-corrected chi connectivity index (χ3v) is 4.85. The standard InChI is InChI=1S/C19H21N3O3S/c1-13(2)18-20-21-19(22(18)11-16-8-5-9-25-16)26-12-17(23)14-6-4-7-15(10-14)24-3/h4-10,13H,11-12H2,1-3H3. The van der Waals surface area contributed by atoms with Gasteiger partial charge in [-0.25, -0.2) is 0 Å². The Balaban J connectivity index is 1.75. The minimum Gasteiger partial charge on any atom is -0.497 e. The number of ketones is 1. The zero-order valence-electron chi connectivity index (χ0n) is 15.0. The quantitative estimate of drug-likeness (QED) is 0.440. The number of hydrogen-bond donors (Lipinski definition) is 0. The Morgan fingerprint density at radius 3 is 2.81 bits per heavy atom. The lowest BCUT2D eigenvalue weighted by molar-refractivity contribution is 0.102. The highest BCUT2D eigenvalue weighted by Crippen LogP contribution is 2.24. The van der Waals surface area contributed by atoms with Gasteiger partial charge >= 0.3 is 0 Å². The summed E-state index contributed by atoms with van der Waals surface area (Å²) in [6.45, 7) is 4.68. The van der Waals surface area contributed by atoms with Crippen LogP contribution in [-0.4, -0.2) is 33.4 Å². The van der Waals surface area contributed by atoms with E-state index in [4.69, 9.17) is 9.15 Å². The molecule has 2 aromatic heterocycles. The van der Waals surface area contributed by atoms with Crippen LogP contribution in [0.15, 0.2) is 52.2 Å². The summed E-state index contributed by atoms with van der Waals surface area (Å²) in [6, 6.07) is 10.9. The smallest absolute Gasteiger partial charge is 0.192 e. The molecule has 0 N–H and O–H groups in total. The molecule has 0 spiro atoms. The van der Waals surface area contributed by atoms with Crippen molar-refractivity contribution in [1.82, 2.24) is 14.8 Å². The van der Waals surface area contributed by atoms with Crippen LogP contribution < -0.4 is 4.74 Å². The molecule has 0 bridgehead atoms. The maximum absolute atomic E-state index is 12.5. The van der Waals surface area contributed by atoms with Gasteiger partial charge < -0.3 is 9.15 Å². The van der Waals surface area contributed by atoms with Crippen LogP contribution in [0.3, 0.4) is 0 Å². The maximum Gasteiger partial charge on any atom is 0.192 e.